The van der Waals surface area contributed by atoms with Crippen molar-refractivity contribution in [2.24, 2.45) is 5.92 Å². The molecule has 1 aromatic rings. The number of carbonyl (C=O) groups is 2. The van der Waals surface area contributed by atoms with Crippen LogP contribution in [0.4, 0.5) is 0 Å². The number of amides is 2. The Bertz CT molecular complexity index is 771. The van der Waals surface area contributed by atoms with Gasteiger partial charge in [0.1, 0.15) is 5.70 Å². The third kappa shape index (κ3) is 3.77. The number of carbonyl (C=O) groups excluding carboxylic acids is 2. The van der Waals surface area contributed by atoms with Crippen LogP contribution in [0.25, 0.3) is 5.57 Å². The molecular weight excluding hydrogens is 344 g/mol. The lowest BCUT2D eigenvalue weighted by molar-refractivity contribution is -0.138. The summed E-state index contributed by atoms with van der Waals surface area (Å²) in [6.45, 7) is 5.99. The molecule has 146 valence electrons. The SMILES string of the molecule is COCCN1C(=O)C(c2ccc(C)c(C)c2)=C(N2CCCC(CO)C2)C1=O. The van der Waals surface area contributed by atoms with E-state index >= 15 is 0 Å². The standard InChI is InChI=1S/C21H28N2O4/c1-14-6-7-17(11-15(14)2)18-19(22-8-4-5-16(12-22)13-24)21(26)23(20(18)25)9-10-27-3/h6-7,11,16,24H,4-5,8-10,12-13H2,1-3H3. The summed E-state index contributed by atoms with van der Waals surface area (Å²) >= 11 is 0. The van der Waals surface area contributed by atoms with E-state index in [1.165, 1.54) is 4.90 Å². The average Bonchev–Trinajstić information content (AvgIpc) is 2.92. The number of aliphatic hydroxyl groups is 1. The quantitative estimate of drug-likeness (QED) is 0.770. The van der Waals surface area contributed by atoms with Crippen LogP contribution in [0.15, 0.2) is 23.9 Å². The number of benzene rings is 1. The minimum Gasteiger partial charge on any atom is -0.396 e. The van der Waals surface area contributed by atoms with Crippen LogP contribution in [0.3, 0.4) is 0 Å². The van der Waals surface area contributed by atoms with Gasteiger partial charge in [0.05, 0.1) is 18.7 Å². The molecule has 0 aromatic heterocycles. The zero-order valence-electron chi connectivity index (χ0n) is 16.3. The lowest BCUT2D eigenvalue weighted by Gasteiger charge is -2.34. The maximum atomic E-state index is 13.1. The molecule has 3 rings (SSSR count). The van der Waals surface area contributed by atoms with E-state index in [1.807, 2.05) is 36.9 Å². The number of ether oxygens (including phenoxy) is 1. The second-order valence-electron chi connectivity index (χ2n) is 7.41. The number of methoxy groups -OCH3 is 1. The van der Waals surface area contributed by atoms with Crippen molar-refractivity contribution in [1.29, 1.82) is 0 Å². The fourth-order valence-corrected chi connectivity index (χ4v) is 3.82. The molecule has 2 amide bonds. The Labute approximate surface area is 160 Å². The van der Waals surface area contributed by atoms with Gasteiger partial charge >= 0.3 is 0 Å². The number of hydrogen-bond acceptors (Lipinski definition) is 5. The smallest absolute Gasteiger partial charge is 0.277 e. The van der Waals surface area contributed by atoms with Crippen molar-refractivity contribution in [3.63, 3.8) is 0 Å². The van der Waals surface area contributed by atoms with Crippen molar-refractivity contribution < 1.29 is 19.4 Å². The van der Waals surface area contributed by atoms with Crippen LogP contribution in [0.2, 0.25) is 0 Å². The van der Waals surface area contributed by atoms with E-state index in [4.69, 9.17) is 4.74 Å². The lowest BCUT2D eigenvalue weighted by atomic mass is 9.96. The Morgan fingerprint density at radius 3 is 2.63 bits per heavy atom. The summed E-state index contributed by atoms with van der Waals surface area (Å²) in [5.41, 5.74) is 3.95. The Kier molecular flexibility index (Phi) is 5.97. The van der Waals surface area contributed by atoms with Gasteiger partial charge in [-0.05, 0) is 49.3 Å². The number of imide groups is 1. The second-order valence-corrected chi connectivity index (χ2v) is 7.41. The van der Waals surface area contributed by atoms with Crippen LogP contribution in [-0.2, 0) is 14.3 Å². The molecule has 1 N–H and O–H groups in total. The number of nitrogens with zero attached hydrogens (tertiary/aromatic N) is 2. The van der Waals surface area contributed by atoms with Crippen molar-refractivity contribution in [3.8, 4) is 0 Å². The van der Waals surface area contributed by atoms with Crippen LogP contribution in [0.5, 0.6) is 0 Å². The third-order valence-corrected chi connectivity index (χ3v) is 5.55. The van der Waals surface area contributed by atoms with Crippen molar-refractivity contribution in [2.45, 2.75) is 26.7 Å². The van der Waals surface area contributed by atoms with Gasteiger partial charge in [-0.2, -0.15) is 0 Å². The minimum atomic E-state index is -0.263. The molecular formula is C21H28N2O4. The summed E-state index contributed by atoms with van der Waals surface area (Å²) in [5.74, 6) is -0.395. The highest BCUT2D eigenvalue weighted by Crippen LogP contribution is 2.34. The number of rotatable bonds is 6. The molecule has 0 spiro atoms. The van der Waals surface area contributed by atoms with Crippen LogP contribution < -0.4 is 0 Å². The van der Waals surface area contributed by atoms with Crippen LogP contribution in [-0.4, -0.2) is 66.7 Å². The van der Waals surface area contributed by atoms with Gasteiger partial charge in [-0.1, -0.05) is 18.2 Å². The van der Waals surface area contributed by atoms with E-state index < -0.39 is 0 Å². The number of piperidine rings is 1. The highest BCUT2D eigenvalue weighted by molar-refractivity contribution is 6.35. The Balaban J connectivity index is 2.05. The topological polar surface area (TPSA) is 70.1 Å². The van der Waals surface area contributed by atoms with Crippen molar-refractivity contribution >= 4 is 17.4 Å². The molecule has 1 fully saturated rings. The highest BCUT2D eigenvalue weighted by Gasteiger charge is 2.42. The van der Waals surface area contributed by atoms with E-state index in [-0.39, 0.29) is 30.9 Å². The van der Waals surface area contributed by atoms with Crippen molar-refractivity contribution in [3.05, 3.63) is 40.6 Å². The first-order valence-electron chi connectivity index (χ1n) is 9.50. The number of aliphatic hydroxyl groups excluding tert-OH is 1. The van der Waals surface area contributed by atoms with Gasteiger partial charge in [-0.3, -0.25) is 14.5 Å². The normalized spacial score (nSPS) is 20.8. The van der Waals surface area contributed by atoms with Gasteiger partial charge in [-0.25, -0.2) is 0 Å². The maximum Gasteiger partial charge on any atom is 0.277 e. The van der Waals surface area contributed by atoms with E-state index in [0.29, 0.717) is 24.4 Å². The predicted octanol–water partition coefficient (Wildman–Crippen LogP) is 1.73. The van der Waals surface area contributed by atoms with E-state index in [0.717, 1.165) is 36.1 Å². The molecule has 6 nitrogen and oxygen atoms in total. The monoisotopic (exact) mass is 372 g/mol. The first-order chi connectivity index (χ1) is 13.0. The zero-order chi connectivity index (χ0) is 19.6. The summed E-state index contributed by atoms with van der Waals surface area (Å²) in [7, 11) is 1.56. The Hall–Kier alpha value is -2.18. The van der Waals surface area contributed by atoms with Gasteiger partial charge < -0.3 is 14.7 Å². The minimum absolute atomic E-state index is 0.0955. The number of likely N-dealkylation sites (tertiary alicyclic amines) is 1. The van der Waals surface area contributed by atoms with Gasteiger partial charge in [0, 0.05) is 26.8 Å². The second kappa shape index (κ2) is 8.23. The highest BCUT2D eigenvalue weighted by atomic mass is 16.5. The zero-order valence-corrected chi connectivity index (χ0v) is 16.3. The lowest BCUT2D eigenvalue weighted by Crippen LogP contribution is -2.41. The maximum absolute atomic E-state index is 13.1. The fourth-order valence-electron chi connectivity index (χ4n) is 3.82. The summed E-state index contributed by atoms with van der Waals surface area (Å²) in [6, 6.07) is 5.87. The molecule has 2 heterocycles. The molecule has 0 radical (unpaired) electrons. The number of hydrogen-bond donors (Lipinski definition) is 1. The summed E-state index contributed by atoms with van der Waals surface area (Å²) in [4.78, 5) is 29.5. The molecule has 0 aliphatic carbocycles. The molecule has 2 aliphatic rings. The molecule has 6 heteroatoms. The molecule has 2 aliphatic heterocycles. The molecule has 1 atom stereocenters. The first-order valence-corrected chi connectivity index (χ1v) is 9.50. The number of aryl methyl sites for hydroxylation is 2. The van der Waals surface area contributed by atoms with Crippen LogP contribution in [0, 0.1) is 19.8 Å². The summed E-state index contributed by atoms with van der Waals surface area (Å²) in [5, 5.41) is 9.57. The van der Waals surface area contributed by atoms with Gasteiger partial charge in [-0.15, -0.1) is 0 Å². The molecule has 1 saturated heterocycles. The van der Waals surface area contributed by atoms with Crippen molar-refractivity contribution in [1.82, 2.24) is 9.80 Å². The largest absolute Gasteiger partial charge is 0.396 e. The molecule has 0 bridgehead atoms. The van der Waals surface area contributed by atoms with Crippen LogP contribution >= 0.6 is 0 Å². The molecule has 1 unspecified atom stereocenters. The average molecular weight is 372 g/mol. The molecule has 0 saturated carbocycles. The fraction of sp³-hybridized carbons (Fsp3) is 0.524. The first kappa shape index (κ1) is 19.6. The van der Waals surface area contributed by atoms with E-state index in [1.54, 1.807) is 7.11 Å². The van der Waals surface area contributed by atoms with Gasteiger partial charge in [0.2, 0.25) is 0 Å². The van der Waals surface area contributed by atoms with E-state index in [2.05, 4.69) is 0 Å². The summed E-state index contributed by atoms with van der Waals surface area (Å²) in [6.07, 6.45) is 1.84. The van der Waals surface area contributed by atoms with Gasteiger partial charge in [0.25, 0.3) is 11.8 Å². The summed E-state index contributed by atoms with van der Waals surface area (Å²) < 4.78 is 5.08. The molecule has 27 heavy (non-hydrogen) atoms. The van der Waals surface area contributed by atoms with Crippen LogP contribution in [0.1, 0.15) is 29.5 Å². The van der Waals surface area contributed by atoms with Gasteiger partial charge in [0.15, 0.2) is 0 Å². The predicted molar refractivity (Wildman–Crippen MR) is 103 cm³/mol. The Morgan fingerprint density at radius 1 is 1.19 bits per heavy atom. The third-order valence-electron chi connectivity index (χ3n) is 5.55. The van der Waals surface area contributed by atoms with E-state index in [9.17, 15) is 14.7 Å². The molecule has 1 aromatic carbocycles. The van der Waals surface area contributed by atoms with Crippen molar-refractivity contribution in [2.75, 3.05) is 40.0 Å². The Morgan fingerprint density at radius 2 is 1.96 bits per heavy atom.